The SMILES string of the molecule is COC(=O)C[C@H](C1=C(O)[C@@]2(Oc3c(Cl)c(OC)cc(OC)c3C2=O)[C@H](C)CC1=O)c1coc2ccc(OC)cc2c1=O. The predicted molar refractivity (Wildman–Crippen MR) is 149 cm³/mol. The fourth-order valence-corrected chi connectivity index (χ4v) is 5.91. The number of carbonyl (C=O) groups excluding carboxylic acids is 3. The highest BCUT2D eigenvalue weighted by molar-refractivity contribution is 6.35. The van der Waals surface area contributed by atoms with Crippen molar-refractivity contribution < 1.29 is 47.6 Å². The minimum Gasteiger partial charge on any atom is -0.507 e. The van der Waals surface area contributed by atoms with Gasteiger partial charge in [0.2, 0.25) is 11.4 Å². The van der Waals surface area contributed by atoms with E-state index in [1.165, 1.54) is 33.5 Å². The van der Waals surface area contributed by atoms with Gasteiger partial charge in [0, 0.05) is 35.5 Å². The zero-order chi connectivity index (χ0) is 30.5. The number of fused-ring (bicyclic) bond motifs is 2. The van der Waals surface area contributed by atoms with Gasteiger partial charge in [0.05, 0.1) is 46.5 Å². The number of halogens is 1. The van der Waals surface area contributed by atoms with Crippen LogP contribution in [-0.2, 0) is 14.3 Å². The van der Waals surface area contributed by atoms with Crippen LogP contribution < -0.4 is 24.4 Å². The number of allylic oxidation sites excluding steroid dienone is 1. The van der Waals surface area contributed by atoms with Crippen LogP contribution in [0.3, 0.4) is 0 Å². The number of esters is 1. The van der Waals surface area contributed by atoms with E-state index in [0.717, 1.165) is 13.4 Å². The van der Waals surface area contributed by atoms with Crippen LogP contribution in [-0.4, -0.2) is 56.7 Å². The number of hydrogen-bond acceptors (Lipinski definition) is 11. The molecule has 2 aliphatic rings. The van der Waals surface area contributed by atoms with Gasteiger partial charge in [-0.25, -0.2) is 0 Å². The van der Waals surface area contributed by atoms with E-state index < -0.39 is 52.6 Å². The number of aliphatic hydroxyl groups excluding tert-OH is 1. The van der Waals surface area contributed by atoms with Crippen LogP contribution in [0.15, 0.2) is 51.1 Å². The van der Waals surface area contributed by atoms with Gasteiger partial charge >= 0.3 is 5.97 Å². The number of benzene rings is 2. The second-order valence-electron chi connectivity index (χ2n) is 9.97. The Morgan fingerprint density at radius 1 is 1.10 bits per heavy atom. The Kier molecular flexibility index (Phi) is 7.40. The van der Waals surface area contributed by atoms with E-state index in [9.17, 15) is 24.3 Å². The molecule has 11 nitrogen and oxygen atoms in total. The van der Waals surface area contributed by atoms with Crippen LogP contribution in [0.5, 0.6) is 23.0 Å². The van der Waals surface area contributed by atoms with E-state index in [4.69, 9.17) is 39.7 Å². The van der Waals surface area contributed by atoms with Crippen molar-refractivity contribution in [3.05, 3.63) is 68.2 Å². The van der Waals surface area contributed by atoms with Crippen LogP contribution in [0, 0.1) is 5.92 Å². The lowest BCUT2D eigenvalue weighted by Gasteiger charge is -2.38. The smallest absolute Gasteiger partial charge is 0.306 e. The number of hydrogen-bond donors (Lipinski definition) is 1. The Labute approximate surface area is 244 Å². The summed E-state index contributed by atoms with van der Waals surface area (Å²) < 4.78 is 32.7. The summed E-state index contributed by atoms with van der Waals surface area (Å²) in [6.07, 6.45) is 0.339. The van der Waals surface area contributed by atoms with E-state index in [2.05, 4.69) is 0 Å². The first-order valence-electron chi connectivity index (χ1n) is 12.8. The van der Waals surface area contributed by atoms with E-state index in [-0.39, 0.29) is 56.4 Å². The van der Waals surface area contributed by atoms with E-state index in [0.29, 0.717) is 5.75 Å². The maximum atomic E-state index is 14.1. The Bertz CT molecular complexity index is 1740. The molecule has 42 heavy (non-hydrogen) atoms. The lowest BCUT2D eigenvalue weighted by atomic mass is 9.69. The van der Waals surface area contributed by atoms with Gasteiger partial charge in [-0.2, -0.15) is 0 Å². The summed E-state index contributed by atoms with van der Waals surface area (Å²) in [5, 5.41) is 12.0. The predicted octanol–water partition coefficient (Wildman–Crippen LogP) is 4.55. The van der Waals surface area contributed by atoms with E-state index in [1.54, 1.807) is 19.1 Å². The highest BCUT2D eigenvalue weighted by Gasteiger charge is 2.61. The molecule has 0 amide bonds. The van der Waals surface area contributed by atoms with Crippen LogP contribution in [0.2, 0.25) is 5.02 Å². The molecule has 0 bridgehead atoms. The topological polar surface area (TPSA) is 148 Å². The van der Waals surface area contributed by atoms with Crippen molar-refractivity contribution in [2.75, 3.05) is 28.4 Å². The number of ketones is 2. The van der Waals surface area contributed by atoms with Crippen LogP contribution in [0.25, 0.3) is 11.0 Å². The maximum absolute atomic E-state index is 14.1. The molecule has 5 rings (SSSR count). The molecule has 1 aliphatic carbocycles. The summed E-state index contributed by atoms with van der Waals surface area (Å²) in [6.45, 7) is 1.57. The minimum atomic E-state index is -2.11. The first-order chi connectivity index (χ1) is 20.0. The number of ether oxygens (including phenoxy) is 5. The van der Waals surface area contributed by atoms with Crippen LogP contribution in [0.4, 0.5) is 0 Å². The molecule has 0 unspecified atom stereocenters. The van der Waals surface area contributed by atoms with Crippen molar-refractivity contribution in [3.8, 4) is 23.0 Å². The third-order valence-corrected chi connectivity index (χ3v) is 8.20. The van der Waals surface area contributed by atoms with Crippen molar-refractivity contribution in [1.82, 2.24) is 0 Å². The minimum absolute atomic E-state index is 0.0350. The van der Waals surface area contributed by atoms with Gasteiger partial charge in [0.25, 0.3) is 0 Å². The maximum Gasteiger partial charge on any atom is 0.306 e. The Balaban J connectivity index is 1.76. The van der Waals surface area contributed by atoms with E-state index >= 15 is 0 Å². The molecule has 1 aromatic heterocycles. The molecule has 12 heteroatoms. The van der Waals surface area contributed by atoms with Crippen LogP contribution >= 0.6 is 11.6 Å². The van der Waals surface area contributed by atoms with Gasteiger partial charge in [0.1, 0.15) is 33.4 Å². The Morgan fingerprint density at radius 2 is 1.81 bits per heavy atom. The van der Waals surface area contributed by atoms with Crippen molar-refractivity contribution in [3.63, 3.8) is 0 Å². The molecule has 0 radical (unpaired) electrons. The van der Waals surface area contributed by atoms with Gasteiger partial charge in [-0.3, -0.25) is 19.2 Å². The summed E-state index contributed by atoms with van der Waals surface area (Å²) >= 11 is 6.51. The molecule has 1 aliphatic heterocycles. The molecule has 2 aromatic carbocycles. The first-order valence-corrected chi connectivity index (χ1v) is 13.2. The quantitative estimate of drug-likeness (QED) is 0.382. The summed E-state index contributed by atoms with van der Waals surface area (Å²) in [5.41, 5.74) is -2.94. The van der Waals surface area contributed by atoms with Crippen LogP contribution in [0.1, 0.15) is 41.6 Å². The van der Waals surface area contributed by atoms with Gasteiger partial charge in [0.15, 0.2) is 22.7 Å². The summed E-state index contributed by atoms with van der Waals surface area (Å²) in [5.74, 6) is -4.52. The lowest BCUT2D eigenvalue weighted by Crippen LogP contribution is -2.53. The Hall–Kier alpha value is -4.51. The van der Waals surface area contributed by atoms with Crippen molar-refractivity contribution in [2.24, 2.45) is 5.92 Å². The van der Waals surface area contributed by atoms with E-state index in [1.807, 2.05) is 0 Å². The lowest BCUT2D eigenvalue weighted by molar-refractivity contribution is -0.140. The number of carbonyl (C=O) groups is 3. The monoisotopic (exact) mass is 598 g/mol. The fraction of sp³-hybridized carbons (Fsp3) is 0.333. The number of Topliss-reactive ketones (excluding diaryl/α,β-unsaturated/α-hetero) is 2. The molecule has 1 N–H and O–H groups in total. The number of rotatable bonds is 7. The standard InChI is InChI=1S/C30H27ClO11/c1-13-8-18(32)23(28(35)30(13)29(36)24-20(38-3)11-21(39-4)25(31)27(24)42-30)15(10-22(33)40-5)17-12-41-19-7-6-14(37-2)9-16(19)26(17)34/h6-7,9,11-13,15,35H,8,10H2,1-5H3/t13-,15+,30+/m1/s1. The summed E-state index contributed by atoms with van der Waals surface area (Å²) in [6, 6.07) is 6.02. The second kappa shape index (κ2) is 10.7. The molecule has 1 spiro atoms. The fourth-order valence-electron chi connectivity index (χ4n) is 5.65. The molecule has 3 aromatic rings. The van der Waals surface area contributed by atoms with Crippen molar-refractivity contribution in [1.29, 1.82) is 0 Å². The summed E-state index contributed by atoms with van der Waals surface area (Å²) in [4.78, 5) is 54.1. The highest BCUT2D eigenvalue weighted by Crippen LogP contribution is 2.55. The molecule has 0 fully saturated rings. The molecule has 0 saturated heterocycles. The molecule has 0 saturated carbocycles. The first kappa shape index (κ1) is 29.0. The molecular weight excluding hydrogens is 572 g/mol. The van der Waals surface area contributed by atoms with Crippen molar-refractivity contribution >= 4 is 40.1 Å². The zero-order valence-corrected chi connectivity index (χ0v) is 24.1. The molecule has 2 heterocycles. The average molecular weight is 599 g/mol. The van der Waals surface area contributed by atoms with Gasteiger partial charge in [-0.15, -0.1) is 0 Å². The van der Waals surface area contributed by atoms with Gasteiger partial charge in [-0.1, -0.05) is 18.5 Å². The average Bonchev–Trinajstić information content (AvgIpc) is 3.30. The molecular formula is C30H27ClO11. The Morgan fingerprint density at radius 3 is 2.45 bits per heavy atom. The van der Waals surface area contributed by atoms with Gasteiger partial charge < -0.3 is 33.2 Å². The van der Waals surface area contributed by atoms with Gasteiger partial charge in [-0.05, 0) is 18.2 Å². The second-order valence-corrected chi connectivity index (χ2v) is 10.3. The molecule has 220 valence electrons. The highest BCUT2D eigenvalue weighted by atomic mass is 35.5. The number of aliphatic hydroxyl groups is 1. The number of methoxy groups -OCH3 is 4. The third-order valence-electron chi connectivity index (χ3n) is 7.84. The third kappa shape index (κ3) is 4.18. The molecule has 3 atom stereocenters. The largest absolute Gasteiger partial charge is 0.507 e. The summed E-state index contributed by atoms with van der Waals surface area (Å²) in [7, 11) is 5.30. The zero-order valence-electron chi connectivity index (χ0n) is 23.4. The normalized spacial score (nSPS) is 20.4. The van der Waals surface area contributed by atoms with Crippen molar-refractivity contribution in [2.45, 2.75) is 31.3 Å².